The van der Waals surface area contributed by atoms with Gasteiger partial charge in [-0.15, -0.1) is 0 Å². The number of hydrogen-bond donors (Lipinski definition) is 0. The Morgan fingerprint density at radius 3 is 2.00 bits per heavy atom. The zero-order valence-electron chi connectivity index (χ0n) is 19.6. The van der Waals surface area contributed by atoms with E-state index in [-0.39, 0.29) is 36.2 Å². The summed E-state index contributed by atoms with van der Waals surface area (Å²) >= 11 is 0. The molecule has 35 heavy (non-hydrogen) atoms. The van der Waals surface area contributed by atoms with Crippen LogP contribution in [0.4, 0.5) is 0 Å². The molecule has 6 heteroatoms. The fourth-order valence-electron chi connectivity index (χ4n) is 5.82. The number of aromatic nitrogens is 1. The minimum absolute atomic E-state index is 0.0281. The van der Waals surface area contributed by atoms with Crippen molar-refractivity contribution in [2.75, 3.05) is 13.1 Å². The Balaban J connectivity index is 1.53. The van der Waals surface area contributed by atoms with Crippen molar-refractivity contribution >= 4 is 28.6 Å². The van der Waals surface area contributed by atoms with Crippen molar-refractivity contribution in [1.82, 2.24) is 14.4 Å². The topological polar surface area (TPSA) is 62.6 Å². The molecule has 174 valence electrons. The third-order valence-electron chi connectivity index (χ3n) is 7.41. The van der Waals surface area contributed by atoms with E-state index in [1.54, 1.807) is 24.3 Å². The van der Waals surface area contributed by atoms with E-state index in [0.29, 0.717) is 23.2 Å². The minimum Gasteiger partial charge on any atom is -0.350 e. The summed E-state index contributed by atoms with van der Waals surface area (Å²) in [4.78, 5) is 43.4. The quantitative estimate of drug-likeness (QED) is 0.410. The Hall–Kier alpha value is -4.19. The van der Waals surface area contributed by atoms with Crippen LogP contribution >= 0.6 is 0 Å². The highest BCUT2D eigenvalue weighted by molar-refractivity contribution is 6.21. The predicted molar refractivity (Wildman–Crippen MR) is 133 cm³/mol. The second-order valence-electron chi connectivity index (χ2n) is 9.21. The van der Waals surface area contributed by atoms with Crippen molar-refractivity contribution in [2.24, 2.45) is 7.05 Å². The van der Waals surface area contributed by atoms with Crippen LogP contribution in [-0.2, 0) is 7.05 Å². The van der Waals surface area contributed by atoms with Gasteiger partial charge in [-0.2, -0.15) is 0 Å². The molecule has 0 spiro atoms. The van der Waals surface area contributed by atoms with Crippen LogP contribution in [0.2, 0.25) is 0 Å². The van der Waals surface area contributed by atoms with Gasteiger partial charge < -0.3 is 9.47 Å². The van der Waals surface area contributed by atoms with Gasteiger partial charge in [0.2, 0.25) is 0 Å². The first-order valence-electron chi connectivity index (χ1n) is 11.9. The number of carbonyl (C=O) groups excluding carboxylic acids is 3. The SMILES string of the molecule is CCN1C(=O)c2ccccc2[C@@H](CN2C(=O)c3ccccc3C2=O)[C@@H]1c1cn(C)c2ccccc12. The highest BCUT2D eigenvalue weighted by Crippen LogP contribution is 2.46. The highest BCUT2D eigenvalue weighted by atomic mass is 16.2. The minimum atomic E-state index is -0.321. The highest BCUT2D eigenvalue weighted by Gasteiger charge is 2.45. The van der Waals surface area contributed by atoms with Crippen LogP contribution in [0.15, 0.2) is 79.0 Å². The molecule has 0 fully saturated rings. The molecule has 0 aliphatic carbocycles. The standard InChI is InChI=1S/C29H25N3O3/c1-3-31-26(23-16-30(2)25-15-9-8-11-19(23)25)24(18-10-4-5-12-20(18)27(31)33)17-32-28(34)21-13-6-7-14-22(21)29(32)35/h4-16,24,26H,3,17H2,1-2H3/t24-,26+/m1/s1. The van der Waals surface area contributed by atoms with Crippen LogP contribution in [0.25, 0.3) is 10.9 Å². The molecule has 0 bridgehead atoms. The fraction of sp³-hybridized carbons (Fsp3) is 0.207. The summed E-state index contributed by atoms with van der Waals surface area (Å²) in [7, 11) is 2.00. The van der Waals surface area contributed by atoms with Crippen molar-refractivity contribution in [1.29, 1.82) is 0 Å². The first kappa shape index (κ1) is 21.4. The van der Waals surface area contributed by atoms with Gasteiger partial charge in [0.25, 0.3) is 17.7 Å². The lowest BCUT2D eigenvalue weighted by molar-refractivity contribution is 0.0546. The molecule has 0 unspecified atom stereocenters. The number of para-hydroxylation sites is 1. The van der Waals surface area contributed by atoms with Gasteiger partial charge in [-0.3, -0.25) is 19.3 Å². The number of carbonyl (C=O) groups is 3. The second kappa shape index (κ2) is 7.94. The lowest BCUT2D eigenvalue weighted by atomic mass is 9.79. The van der Waals surface area contributed by atoms with Gasteiger partial charge in [0.15, 0.2) is 0 Å². The van der Waals surface area contributed by atoms with E-state index in [2.05, 4.69) is 22.9 Å². The average molecular weight is 464 g/mol. The number of benzene rings is 3. The lowest BCUT2D eigenvalue weighted by Gasteiger charge is -2.43. The molecule has 2 atom stereocenters. The van der Waals surface area contributed by atoms with Crippen LogP contribution in [-0.4, -0.2) is 45.2 Å². The zero-order valence-corrected chi connectivity index (χ0v) is 19.6. The Morgan fingerprint density at radius 2 is 1.31 bits per heavy atom. The van der Waals surface area contributed by atoms with Crippen LogP contribution in [0, 0.1) is 0 Å². The third kappa shape index (κ3) is 3.06. The Kier molecular flexibility index (Phi) is 4.85. The zero-order chi connectivity index (χ0) is 24.3. The van der Waals surface area contributed by atoms with E-state index in [9.17, 15) is 14.4 Å². The van der Waals surface area contributed by atoms with Gasteiger partial charge in [0.05, 0.1) is 17.2 Å². The molecule has 4 aromatic rings. The molecule has 0 N–H and O–H groups in total. The summed E-state index contributed by atoms with van der Waals surface area (Å²) in [6.45, 7) is 2.68. The fourth-order valence-corrected chi connectivity index (χ4v) is 5.82. The Bertz CT molecular complexity index is 1480. The van der Waals surface area contributed by atoms with E-state index in [1.807, 2.05) is 55.3 Å². The van der Waals surface area contributed by atoms with Crippen LogP contribution in [0.1, 0.15) is 61.1 Å². The van der Waals surface area contributed by atoms with Crippen molar-refractivity contribution in [3.8, 4) is 0 Å². The van der Waals surface area contributed by atoms with E-state index in [0.717, 1.165) is 22.0 Å². The van der Waals surface area contributed by atoms with E-state index in [1.165, 1.54) is 4.90 Å². The molecule has 2 aliphatic rings. The van der Waals surface area contributed by atoms with Crippen LogP contribution < -0.4 is 0 Å². The average Bonchev–Trinajstić information content (AvgIpc) is 3.35. The molecule has 3 heterocycles. The number of imide groups is 1. The van der Waals surface area contributed by atoms with Gasteiger partial charge in [-0.1, -0.05) is 48.5 Å². The van der Waals surface area contributed by atoms with Crippen molar-refractivity contribution < 1.29 is 14.4 Å². The summed E-state index contributed by atoms with van der Waals surface area (Å²) in [5, 5.41) is 1.07. The first-order valence-corrected chi connectivity index (χ1v) is 11.9. The van der Waals surface area contributed by atoms with Crippen molar-refractivity contribution in [3.63, 3.8) is 0 Å². The van der Waals surface area contributed by atoms with Gasteiger partial charge in [-0.25, -0.2) is 0 Å². The molecule has 1 aromatic heterocycles. The molecule has 6 rings (SSSR count). The summed E-state index contributed by atoms with van der Waals surface area (Å²) < 4.78 is 2.07. The number of aryl methyl sites for hydroxylation is 1. The number of amides is 3. The van der Waals surface area contributed by atoms with Crippen molar-refractivity contribution in [3.05, 3.63) is 107 Å². The van der Waals surface area contributed by atoms with E-state index in [4.69, 9.17) is 0 Å². The van der Waals surface area contributed by atoms with Gasteiger partial charge in [0.1, 0.15) is 0 Å². The van der Waals surface area contributed by atoms with Gasteiger partial charge in [-0.05, 0) is 36.8 Å². The Labute approximate surface area is 203 Å². The first-order chi connectivity index (χ1) is 17.0. The smallest absolute Gasteiger partial charge is 0.261 e. The summed E-state index contributed by atoms with van der Waals surface area (Å²) in [6.07, 6.45) is 2.08. The molecule has 0 saturated heterocycles. The normalized spacial score (nSPS) is 19.4. The summed E-state index contributed by atoms with van der Waals surface area (Å²) in [6, 6.07) is 22.4. The maximum absolute atomic E-state index is 13.6. The molecule has 3 aromatic carbocycles. The Morgan fingerprint density at radius 1 is 0.714 bits per heavy atom. The lowest BCUT2D eigenvalue weighted by Crippen LogP contribution is -2.46. The maximum atomic E-state index is 13.6. The second-order valence-corrected chi connectivity index (χ2v) is 9.21. The molecule has 3 amide bonds. The summed E-state index contributed by atoms with van der Waals surface area (Å²) in [5.74, 6) is -0.851. The third-order valence-corrected chi connectivity index (χ3v) is 7.41. The molecule has 0 radical (unpaired) electrons. The summed E-state index contributed by atoms with van der Waals surface area (Å²) in [5.41, 5.74) is 4.47. The van der Waals surface area contributed by atoms with Crippen LogP contribution in [0.5, 0.6) is 0 Å². The van der Waals surface area contributed by atoms with Crippen molar-refractivity contribution in [2.45, 2.75) is 18.9 Å². The molecule has 0 saturated carbocycles. The van der Waals surface area contributed by atoms with Gasteiger partial charge >= 0.3 is 0 Å². The number of nitrogens with zero attached hydrogens (tertiary/aromatic N) is 3. The molecular weight excluding hydrogens is 438 g/mol. The van der Waals surface area contributed by atoms with E-state index >= 15 is 0 Å². The number of likely N-dealkylation sites (N-methyl/N-ethyl adjacent to an activating group) is 1. The van der Waals surface area contributed by atoms with Crippen LogP contribution in [0.3, 0.4) is 0 Å². The number of hydrogen-bond acceptors (Lipinski definition) is 3. The number of fused-ring (bicyclic) bond motifs is 3. The predicted octanol–water partition coefficient (Wildman–Crippen LogP) is 4.78. The maximum Gasteiger partial charge on any atom is 0.261 e. The monoisotopic (exact) mass is 463 g/mol. The van der Waals surface area contributed by atoms with E-state index < -0.39 is 0 Å². The van der Waals surface area contributed by atoms with Gasteiger partial charge in [0, 0.05) is 54.3 Å². The molecule has 2 aliphatic heterocycles. The molecule has 6 nitrogen and oxygen atoms in total. The molecular formula is C29H25N3O3. The number of rotatable bonds is 4. The largest absolute Gasteiger partial charge is 0.350 e.